The number of hydrogen-bond acceptors (Lipinski definition) is 2. The third-order valence-electron chi connectivity index (χ3n) is 3.34. The van der Waals surface area contributed by atoms with E-state index in [9.17, 15) is 0 Å². The molecular weight excluding hydrogens is 186 g/mol. The number of fused-ring (bicyclic) bond motifs is 1. The molecule has 2 rings (SSSR count). The molecule has 2 N–H and O–H groups in total. The zero-order valence-electron chi connectivity index (χ0n) is 9.49. The number of methoxy groups -OCH3 is 1. The molecule has 15 heavy (non-hydrogen) atoms. The zero-order chi connectivity index (χ0) is 10.8. The van der Waals surface area contributed by atoms with Crippen LogP contribution in [0.15, 0.2) is 18.2 Å². The summed E-state index contributed by atoms with van der Waals surface area (Å²) >= 11 is 0. The van der Waals surface area contributed by atoms with E-state index in [0.29, 0.717) is 5.92 Å². The molecule has 0 saturated carbocycles. The average Bonchev–Trinajstić information content (AvgIpc) is 2.27. The van der Waals surface area contributed by atoms with Crippen LogP contribution in [0.25, 0.3) is 0 Å². The lowest BCUT2D eigenvalue weighted by Crippen LogP contribution is -2.28. The van der Waals surface area contributed by atoms with Crippen molar-refractivity contribution in [2.45, 2.75) is 38.1 Å². The van der Waals surface area contributed by atoms with Crippen molar-refractivity contribution in [3.8, 4) is 5.75 Å². The molecule has 0 spiro atoms. The first-order chi connectivity index (χ1) is 7.24. The fourth-order valence-electron chi connectivity index (χ4n) is 2.59. The highest BCUT2D eigenvalue weighted by Gasteiger charge is 2.26. The molecule has 2 heteroatoms. The van der Waals surface area contributed by atoms with Crippen LogP contribution in [-0.4, -0.2) is 13.2 Å². The fraction of sp³-hybridized carbons (Fsp3) is 0.538. The van der Waals surface area contributed by atoms with Gasteiger partial charge in [-0.1, -0.05) is 12.1 Å². The van der Waals surface area contributed by atoms with E-state index in [4.69, 9.17) is 10.5 Å². The first kappa shape index (κ1) is 10.5. The maximum Gasteiger partial charge on any atom is 0.122 e. The van der Waals surface area contributed by atoms with Gasteiger partial charge in [-0.05, 0) is 37.8 Å². The van der Waals surface area contributed by atoms with Crippen molar-refractivity contribution in [2.75, 3.05) is 7.11 Å². The minimum atomic E-state index is 0.209. The second-order valence-electron chi connectivity index (χ2n) is 4.39. The highest BCUT2D eigenvalue weighted by Crippen LogP contribution is 2.39. The maximum atomic E-state index is 6.05. The van der Waals surface area contributed by atoms with Crippen LogP contribution in [0.4, 0.5) is 0 Å². The summed E-state index contributed by atoms with van der Waals surface area (Å²) in [5.41, 5.74) is 8.82. The Morgan fingerprint density at radius 1 is 1.47 bits per heavy atom. The maximum absolute atomic E-state index is 6.05. The second-order valence-corrected chi connectivity index (χ2v) is 4.39. The summed E-state index contributed by atoms with van der Waals surface area (Å²) in [6.45, 7) is 2.09. The fourth-order valence-corrected chi connectivity index (χ4v) is 2.59. The molecule has 1 aromatic rings. The van der Waals surface area contributed by atoms with Crippen molar-refractivity contribution in [3.63, 3.8) is 0 Å². The van der Waals surface area contributed by atoms with Gasteiger partial charge in [-0.25, -0.2) is 0 Å². The van der Waals surface area contributed by atoms with Crippen LogP contribution in [0.3, 0.4) is 0 Å². The van der Waals surface area contributed by atoms with Crippen molar-refractivity contribution in [1.29, 1.82) is 0 Å². The summed E-state index contributed by atoms with van der Waals surface area (Å²) in [5.74, 6) is 1.47. The van der Waals surface area contributed by atoms with Crippen molar-refractivity contribution in [3.05, 3.63) is 29.3 Å². The first-order valence-electron chi connectivity index (χ1n) is 5.65. The molecule has 82 valence electrons. The predicted molar refractivity (Wildman–Crippen MR) is 62.3 cm³/mol. The second kappa shape index (κ2) is 4.23. The van der Waals surface area contributed by atoms with Crippen molar-refractivity contribution in [2.24, 2.45) is 5.73 Å². The number of hydrogen-bond donors (Lipinski definition) is 1. The van der Waals surface area contributed by atoms with Gasteiger partial charge in [-0.3, -0.25) is 0 Å². The summed E-state index contributed by atoms with van der Waals surface area (Å²) in [4.78, 5) is 0. The normalized spacial score (nSPS) is 21.9. The molecule has 0 aromatic heterocycles. The Morgan fingerprint density at radius 2 is 2.27 bits per heavy atom. The van der Waals surface area contributed by atoms with Crippen molar-refractivity contribution in [1.82, 2.24) is 0 Å². The molecule has 2 nitrogen and oxygen atoms in total. The van der Waals surface area contributed by atoms with Crippen molar-refractivity contribution >= 4 is 0 Å². The van der Waals surface area contributed by atoms with Crippen LogP contribution >= 0.6 is 0 Å². The first-order valence-corrected chi connectivity index (χ1v) is 5.65. The van der Waals surface area contributed by atoms with Gasteiger partial charge in [0.2, 0.25) is 0 Å². The summed E-state index contributed by atoms with van der Waals surface area (Å²) in [6.07, 6.45) is 3.59. The van der Waals surface area contributed by atoms with Gasteiger partial charge >= 0.3 is 0 Å². The van der Waals surface area contributed by atoms with Gasteiger partial charge in [-0.15, -0.1) is 0 Å². The lowest BCUT2D eigenvalue weighted by Gasteiger charge is -2.29. The quantitative estimate of drug-likeness (QED) is 0.805. The van der Waals surface area contributed by atoms with Crippen LogP contribution in [0.5, 0.6) is 5.75 Å². The molecule has 1 aliphatic rings. The Kier molecular flexibility index (Phi) is 2.96. The minimum Gasteiger partial charge on any atom is -0.496 e. The standard InChI is InChI=1S/C13H19NO/c1-9(14)11-7-3-5-10-6-4-8-12(15-2)13(10)11/h4,6,8-9,11H,3,5,7,14H2,1-2H3. The van der Waals surface area contributed by atoms with Crippen LogP contribution < -0.4 is 10.5 Å². The van der Waals surface area contributed by atoms with E-state index in [-0.39, 0.29) is 6.04 Å². The highest BCUT2D eigenvalue weighted by atomic mass is 16.5. The third kappa shape index (κ3) is 1.86. The van der Waals surface area contributed by atoms with Crippen LogP contribution in [0, 0.1) is 0 Å². The van der Waals surface area contributed by atoms with E-state index in [1.54, 1.807) is 7.11 Å². The van der Waals surface area contributed by atoms with E-state index in [0.717, 1.165) is 12.2 Å². The molecule has 1 aromatic carbocycles. The SMILES string of the molecule is COc1cccc2c1C(C(C)N)CCC2. The minimum absolute atomic E-state index is 0.209. The van der Waals surface area contributed by atoms with E-state index >= 15 is 0 Å². The van der Waals surface area contributed by atoms with Gasteiger partial charge in [0.05, 0.1) is 7.11 Å². The molecule has 0 bridgehead atoms. The molecular formula is C13H19NO. The Labute approximate surface area is 91.4 Å². The van der Waals surface area contributed by atoms with Crippen molar-refractivity contribution < 1.29 is 4.74 Å². The van der Waals surface area contributed by atoms with E-state index in [1.807, 2.05) is 6.07 Å². The van der Waals surface area contributed by atoms with E-state index < -0.39 is 0 Å². The molecule has 0 heterocycles. The smallest absolute Gasteiger partial charge is 0.122 e. The zero-order valence-corrected chi connectivity index (χ0v) is 9.49. The van der Waals surface area contributed by atoms with Gasteiger partial charge in [-0.2, -0.15) is 0 Å². The lowest BCUT2D eigenvalue weighted by atomic mass is 9.79. The van der Waals surface area contributed by atoms with Gasteiger partial charge in [0.25, 0.3) is 0 Å². The molecule has 0 radical (unpaired) electrons. The Balaban J connectivity index is 2.47. The third-order valence-corrected chi connectivity index (χ3v) is 3.34. The Bertz CT molecular complexity index is 332. The summed E-state index contributed by atoms with van der Waals surface area (Å²) in [6, 6.07) is 6.52. The van der Waals surface area contributed by atoms with Crippen LogP contribution in [0.1, 0.15) is 36.8 Å². The molecule has 0 aliphatic heterocycles. The number of aryl methyl sites for hydroxylation is 1. The molecule has 1 aliphatic carbocycles. The topological polar surface area (TPSA) is 35.2 Å². The number of rotatable bonds is 2. The number of benzene rings is 1. The summed E-state index contributed by atoms with van der Waals surface area (Å²) in [7, 11) is 1.74. The lowest BCUT2D eigenvalue weighted by molar-refractivity contribution is 0.389. The average molecular weight is 205 g/mol. The molecule has 2 atom stereocenters. The van der Waals surface area contributed by atoms with Crippen LogP contribution in [0.2, 0.25) is 0 Å². The Hall–Kier alpha value is -1.02. The van der Waals surface area contributed by atoms with Gasteiger partial charge in [0.1, 0.15) is 5.75 Å². The molecule has 2 unspecified atom stereocenters. The molecule has 0 amide bonds. The van der Waals surface area contributed by atoms with Crippen LogP contribution in [-0.2, 0) is 6.42 Å². The molecule has 0 saturated heterocycles. The predicted octanol–water partition coefficient (Wildman–Crippen LogP) is 2.46. The van der Waals surface area contributed by atoms with Gasteiger partial charge in [0.15, 0.2) is 0 Å². The van der Waals surface area contributed by atoms with Gasteiger partial charge < -0.3 is 10.5 Å². The van der Waals surface area contributed by atoms with Gasteiger partial charge in [0, 0.05) is 17.5 Å². The molecule has 0 fully saturated rings. The number of nitrogens with two attached hydrogens (primary N) is 1. The highest BCUT2D eigenvalue weighted by molar-refractivity contribution is 5.45. The largest absolute Gasteiger partial charge is 0.496 e. The summed E-state index contributed by atoms with van der Waals surface area (Å²) in [5, 5.41) is 0. The monoisotopic (exact) mass is 205 g/mol. The van der Waals surface area contributed by atoms with E-state index in [1.165, 1.54) is 24.0 Å². The summed E-state index contributed by atoms with van der Waals surface area (Å²) < 4.78 is 5.44. The number of ether oxygens (including phenoxy) is 1. The van der Waals surface area contributed by atoms with E-state index in [2.05, 4.69) is 19.1 Å². The Morgan fingerprint density at radius 3 is 2.93 bits per heavy atom.